The van der Waals surface area contributed by atoms with Gasteiger partial charge < -0.3 is 14.2 Å². The van der Waals surface area contributed by atoms with Crippen LogP contribution < -0.4 is 0 Å². The molecule has 2 heterocycles. The average Bonchev–Trinajstić information content (AvgIpc) is 3.26. The number of aromatic nitrogens is 1. The highest BCUT2D eigenvalue weighted by molar-refractivity contribution is 7.80. The Balaban J connectivity index is 1.78. The maximum atomic E-state index is 6.22. The van der Waals surface area contributed by atoms with E-state index in [-0.39, 0.29) is 0 Å². The van der Waals surface area contributed by atoms with Crippen LogP contribution in [0.3, 0.4) is 0 Å². The van der Waals surface area contributed by atoms with E-state index in [4.69, 9.17) is 28.6 Å². The number of hydrogen-bond donors (Lipinski definition) is 0. The highest BCUT2D eigenvalue weighted by Crippen LogP contribution is 2.37. The minimum atomic E-state index is 0.699. The van der Waals surface area contributed by atoms with Crippen LogP contribution in [0.4, 0.5) is 0 Å². The fourth-order valence-corrected chi connectivity index (χ4v) is 4.63. The van der Waals surface area contributed by atoms with E-state index in [0.29, 0.717) is 18.2 Å². The third kappa shape index (κ3) is 4.09. The van der Waals surface area contributed by atoms with E-state index in [1.54, 1.807) is 0 Å². The molecule has 0 aliphatic carbocycles. The van der Waals surface area contributed by atoms with Crippen molar-refractivity contribution in [1.29, 1.82) is 0 Å². The Hall–Kier alpha value is -2.92. The van der Waals surface area contributed by atoms with E-state index in [0.717, 1.165) is 51.8 Å². The molecule has 1 saturated heterocycles. The Bertz CT molecular complexity index is 1210. The maximum Gasteiger partial charge on any atom is 0.111 e. The van der Waals surface area contributed by atoms with Crippen molar-refractivity contribution < 1.29 is 4.74 Å². The molecule has 1 aromatic heterocycles. The standard InChI is InChI=1S/C27H23ClN2OS/c28-22-11-13-23(14-12-22)30-25(20-7-3-1-4-8-20)19-24(26(30)21-9-5-2-6-10-21)27(32)29-15-17-31-18-16-29/h1-14,19H,15-18H2. The Morgan fingerprint density at radius 2 is 1.38 bits per heavy atom. The second kappa shape index (κ2) is 9.29. The lowest BCUT2D eigenvalue weighted by Crippen LogP contribution is -2.40. The number of benzene rings is 3. The van der Waals surface area contributed by atoms with Gasteiger partial charge in [-0.05, 0) is 41.5 Å². The van der Waals surface area contributed by atoms with Gasteiger partial charge in [-0.3, -0.25) is 0 Å². The molecule has 160 valence electrons. The van der Waals surface area contributed by atoms with Gasteiger partial charge in [-0.15, -0.1) is 0 Å². The van der Waals surface area contributed by atoms with Crippen LogP contribution in [-0.4, -0.2) is 40.8 Å². The zero-order chi connectivity index (χ0) is 21.9. The smallest absolute Gasteiger partial charge is 0.111 e. The topological polar surface area (TPSA) is 17.4 Å². The fourth-order valence-electron chi connectivity index (χ4n) is 4.17. The predicted molar refractivity (Wildman–Crippen MR) is 136 cm³/mol. The molecular weight excluding hydrogens is 436 g/mol. The summed E-state index contributed by atoms with van der Waals surface area (Å²) >= 11 is 12.3. The molecule has 5 rings (SSSR count). The molecule has 0 bridgehead atoms. The Morgan fingerprint density at radius 1 is 0.781 bits per heavy atom. The molecule has 3 aromatic carbocycles. The summed E-state index contributed by atoms with van der Waals surface area (Å²) in [6.07, 6.45) is 0. The van der Waals surface area contributed by atoms with Gasteiger partial charge in [0.25, 0.3) is 0 Å². The van der Waals surface area contributed by atoms with Crippen LogP contribution in [0.2, 0.25) is 5.02 Å². The molecule has 5 heteroatoms. The molecule has 1 aliphatic rings. The Morgan fingerprint density at radius 3 is 2.00 bits per heavy atom. The highest BCUT2D eigenvalue weighted by atomic mass is 35.5. The summed E-state index contributed by atoms with van der Waals surface area (Å²) in [5, 5.41) is 0.715. The number of thiocarbonyl (C=S) groups is 1. The lowest BCUT2D eigenvalue weighted by Gasteiger charge is -2.29. The summed E-state index contributed by atoms with van der Waals surface area (Å²) in [5.41, 5.74) is 6.54. The van der Waals surface area contributed by atoms with Gasteiger partial charge in [-0.25, -0.2) is 0 Å². The van der Waals surface area contributed by atoms with Crippen molar-refractivity contribution in [1.82, 2.24) is 9.47 Å². The van der Waals surface area contributed by atoms with E-state index >= 15 is 0 Å². The van der Waals surface area contributed by atoms with Crippen molar-refractivity contribution in [2.45, 2.75) is 0 Å². The molecule has 0 atom stereocenters. The zero-order valence-electron chi connectivity index (χ0n) is 17.6. The fraction of sp³-hybridized carbons (Fsp3) is 0.148. The van der Waals surface area contributed by atoms with Crippen molar-refractivity contribution in [2.24, 2.45) is 0 Å². The third-order valence-corrected chi connectivity index (χ3v) is 6.46. The summed E-state index contributed by atoms with van der Waals surface area (Å²) in [7, 11) is 0. The summed E-state index contributed by atoms with van der Waals surface area (Å²) in [5.74, 6) is 0. The van der Waals surface area contributed by atoms with Crippen molar-refractivity contribution >= 4 is 28.8 Å². The van der Waals surface area contributed by atoms with Crippen molar-refractivity contribution in [3.05, 3.63) is 102 Å². The first-order valence-electron chi connectivity index (χ1n) is 10.7. The molecule has 0 spiro atoms. The quantitative estimate of drug-likeness (QED) is 0.326. The van der Waals surface area contributed by atoms with E-state index in [1.165, 1.54) is 0 Å². The Labute approximate surface area is 198 Å². The van der Waals surface area contributed by atoms with Gasteiger partial charge in [-0.1, -0.05) is 84.5 Å². The summed E-state index contributed by atoms with van der Waals surface area (Å²) < 4.78 is 7.86. The lowest BCUT2D eigenvalue weighted by atomic mass is 10.1. The second-order valence-electron chi connectivity index (χ2n) is 7.74. The van der Waals surface area contributed by atoms with E-state index in [1.807, 2.05) is 24.3 Å². The molecule has 4 aromatic rings. The summed E-state index contributed by atoms with van der Waals surface area (Å²) in [4.78, 5) is 3.11. The van der Waals surface area contributed by atoms with Crippen LogP contribution in [0.1, 0.15) is 5.56 Å². The van der Waals surface area contributed by atoms with Gasteiger partial charge >= 0.3 is 0 Å². The molecule has 1 aliphatic heterocycles. The van der Waals surface area contributed by atoms with Crippen molar-refractivity contribution in [2.75, 3.05) is 26.3 Å². The second-order valence-corrected chi connectivity index (χ2v) is 8.56. The normalized spacial score (nSPS) is 13.8. The molecule has 0 radical (unpaired) electrons. The molecule has 3 nitrogen and oxygen atoms in total. The molecular formula is C27H23ClN2OS. The van der Waals surface area contributed by atoms with Crippen LogP contribution in [0.15, 0.2) is 91.0 Å². The average molecular weight is 459 g/mol. The van der Waals surface area contributed by atoms with Gasteiger partial charge in [0, 0.05) is 29.4 Å². The minimum absolute atomic E-state index is 0.699. The highest BCUT2D eigenvalue weighted by Gasteiger charge is 2.25. The van der Waals surface area contributed by atoms with Crippen LogP contribution in [-0.2, 0) is 4.74 Å². The number of nitrogens with zero attached hydrogens (tertiary/aromatic N) is 2. The van der Waals surface area contributed by atoms with Gasteiger partial charge in [0.05, 0.1) is 24.6 Å². The Kier molecular flexibility index (Phi) is 6.08. The molecule has 0 N–H and O–H groups in total. The molecule has 1 fully saturated rings. The number of ether oxygens (including phenoxy) is 1. The van der Waals surface area contributed by atoms with Gasteiger partial charge in [0.2, 0.25) is 0 Å². The van der Waals surface area contributed by atoms with Crippen LogP contribution in [0.5, 0.6) is 0 Å². The number of halogens is 1. The first-order chi connectivity index (χ1) is 15.7. The number of morpholine rings is 1. The van der Waals surface area contributed by atoms with E-state index in [2.05, 4.69) is 76.2 Å². The minimum Gasteiger partial charge on any atom is -0.378 e. The van der Waals surface area contributed by atoms with E-state index < -0.39 is 0 Å². The van der Waals surface area contributed by atoms with Crippen molar-refractivity contribution in [3.8, 4) is 28.2 Å². The van der Waals surface area contributed by atoms with Gasteiger partial charge in [0.15, 0.2) is 0 Å². The first-order valence-corrected chi connectivity index (χ1v) is 11.5. The maximum absolute atomic E-state index is 6.22. The molecule has 0 saturated carbocycles. The molecule has 0 unspecified atom stereocenters. The predicted octanol–water partition coefficient (Wildman–Crippen LogP) is 6.47. The van der Waals surface area contributed by atoms with Crippen LogP contribution in [0.25, 0.3) is 28.2 Å². The summed E-state index contributed by atoms with van der Waals surface area (Å²) in [6, 6.07) is 31.1. The van der Waals surface area contributed by atoms with Crippen LogP contribution >= 0.6 is 23.8 Å². The van der Waals surface area contributed by atoms with Gasteiger partial charge in [-0.2, -0.15) is 0 Å². The number of hydrogen-bond acceptors (Lipinski definition) is 2. The van der Waals surface area contributed by atoms with Crippen LogP contribution in [0, 0.1) is 0 Å². The number of rotatable bonds is 4. The van der Waals surface area contributed by atoms with Gasteiger partial charge in [0.1, 0.15) is 4.99 Å². The lowest BCUT2D eigenvalue weighted by molar-refractivity contribution is 0.0693. The summed E-state index contributed by atoms with van der Waals surface area (Å²) in [6.45, 7) is 3.01. The third-order valence-electron chi connectivity index (χ3n) is 5.73. The zero-order valence-corrected chi connectivity index (χ0v) is 19.1. The van der Waals surface area contributed by atoms with Crippen molar-refractivity contribution in [3.63, 3.8) is 0 Å². The monoisotopic (exact) mass is 458 g/mol. The largest absolute Gasteiger partial charge is 0.378 e. The molecule has 32 heavy (non-hydrogen) atoms. The first kappa shape index (κ1) is 21.0. The SMILES string of the molecule is S=C(c1cc(-c2ccccc2)n(-c2ccc(Cl)cc2)c1-c1ccccc1)N1CCOCC1. The van der Waals surface area contributed by atoms with E-state index in [9.17, 15) is 0 Å². The molecule has 0 amide bonds.